The number of hydrogen-bond acceptors (Lipinski definition) is 4. The van der Waals surface area contributed by atoms with Crippen molar-refractivity contribution in [3.8, 4) is 11.5 Å². The minimum Gasteiger partial charge on any atom is -0.493 e. The molecule has 0 heterocycles. The summed E-state index contributed by atoms with van der Waals surface area (Å²) in [7, 11) is 3.04. The molecule has 6 nitrogen and oxygen atoms in total. The van der Waals surface area contributed by atoms with Crippen molar-refractivity contribution >= 4 is 34.8 Å². The van der Waals surface area contributed by atoms with Crippen molar-refractivity contribution in [2.24, 2.45) is 0 Å². The lowest BCUT2D eigenvalue weighted by atomic mass is 10.2. The molecular weight excluding hydrogens is 356 g/mol. The molecule has 7 heteroatoms. The average Bonchev–Trinajstić information content (AvgIpc) is 2.62. The molecule has 0 aliphatic carbocycles. The molecule has 138 valence electrons. The van der Waals surface area contributed by atoms with E-state index < -0.39 is 0 Å². The number of hydrogen-bond donors (Lipinski definition) is 1. The standard InChI is InChI=1S/C19H21ClN2O4/c1-12-5-6-14(20)9-16(12)21-19(24)11-22(13(2)23)15-7-8-17(25-3)18(10-15)26-4/h5-10H,11H2,1-4H3,(H,21,24). The number of amides is 2. The Morgan fingerprint density at radius 3 is 2.38 bits per heavy atom. The fourth-order valence-electron chi connectivity index (χ4n) is 2.44. The molecule has 2 amide bonds. The van der Waals surface area contributed by atoms with Crippen LogP contribution in [0.5, 0.6) is 11.5 Å². The van der Waals surface area contributed by atoms with Crippen LogP contribution in [-0.2, 0) is 9.59 Å². The number of halogens is 1. The molecule has 0 saturated heterocycles. The van der Waals surface area contributed by atoms with Gasteiger partial charge in [-0.05, 0) is 36.8 Å². The summed E-state index contributed by atoms with van der Waals surface area (Å²) >= 11 is 5.97. The van der Waals surface area contributed by atoms with E-state index in [1.54, 1.807) is 30.3 Å². The summed E-state index contributed by atoms with van der Waals surface area (Å²) in [5.41, 5.74) is 2.02. The molecular formula is C19H21ClN2O4. The van der Waals surface area contributed by atoms with Crippen LogP contribution in [0.4, 0.5) is 11.4 Å². The average molecular weight is 377 g/mol. The summed E-state index contributed by atoms with van der Waals surface area (Å²) in [6, 6.07) is 10.3. The van der Waals surface area contributed by atoms with Gasteiger partial charge in [0.1, 0.15) is 6.54 Å². The number of ether oxygens (including phenoxy) is 2. The number of aryl methyl sites for hydroxylation is 1. The predicted molar refractivity (Wildman–Crippen MR) is 102 cm³/mol. The van der Waals surface area contributed by atoms with Crippen molar-refractivity contribution < 1.29 is 19.1 Å². The van der Waals surface area contributed by atoms with Crippen molar-refractivity contribution in [1.82, 2.24) is 0 Å². The number of methoxy groups -OCH3 is 2. The quantitative estimate of drug-likeness (QED) is 0.835. The smallest absolute Gasteiger partial charge is 0.244 e. The van der Waals surface area contributed by atoms with E-state index in [9.17, 15) is 9.59 Å². The summed E-state index contributed by atoms with van der Waals surface area (Å²) in [4.78, 5) is 25.9. The first-order valence-corrected chi connectivity index (χ1v) is 8.29. The molecule has 1 N–H and O–H groups in total. The lowest BCUT2D eigenvalue weighted by Crippen LogP contribution is -2.36. The second-order valence-corrected chi connectivity index (χ2v) is 6.09. The maximum atomic E-state index is 12.4. The van der Waals surface area contributed by atoms with Crippen LogP contribution in [0.1, 0.15) is 12.5 Å². The highest BCUT2D eigenvalue weighted by atomic mass is 35.5. The Bertz CT molecular complexity index is 823. The zero-order valence-electron chi connectivity index (χ0n) is 15.1. The van der Waals surface area contributed by atoms with Gasteiger partial charge in [0.15, 0.2) is 11.5 Å². The van der Waals surface area contributed by atoms with Crippen LogP contribution < -0.4 is 19.7 Å². The minimum absolute atomic E-state index is 0.142. The third-order valence-corrected chi connectivity index (χ3v) is 4.07. The van der Waals surface area contributed by atoms with Gasteiger partial charge >= 0.3 is 0 Å². The number of carbonyl (C=O) groups is 2. The van der Waals surface area contributed by atoms with Crippen molar-refractivity contribution in [2.75, 3.05) is 31.0 Å². The molecule has 0 fully saturated rings. The topological polar surface area (TPSA) is 67.9 Å². The van der Waals surface area contributed by atoms with E-state index in [1.807, 2.05) is 13.0 Å². The van der Waals surface area contributed by atoms with Crippen molar-refractivity contribution in [3.63, 3.8) is 0 Å². The molecule has 2 aromatic rings. The summed E-state index contributed by atoms with van der Waals surface area (Å²) in [6.07, 6.45) is 0. The monoisotopic (exact) mass is 376 g/mol. The van der Waals surface area contributed by atoms with Gasteiger partial charge in [-0.3, -0.25) is 9.59 Å². The molecule has 0 aromatic heterocycles. The molecule has 0 atom stereocenters. The third-order valence-electron chi connectivity index (χ3n) is 3.83. The van der Waals surface area contributed by atoms with Gasteiger partial charge < -0.3 is 19.7 Å². The molecule has 0 bridgehead atoms. The summed E-state index contributed by atoms with van der Waals surface area (Å²) in [5.74, 6) is 0.414. The Labute approximate surface area is 157 Å². The lowest BCUT2D eigenvalue weighted by Gasteiger charge is -2.22. The van der Waals surface area contributed by atoms with E-state index >= 15 is 0 Å². The van der Waals surface area contributed by atoms with E-state index in [2.05, 4.69) is 5.32 Å². The number of nitrogens with one attached hydrogen (secondary N) is 1. The van der Waals surface area contributed by atoms with E-state index in [-0.39, 0.29) is 18.4 Å². The molecule has 2 rings (SSSR count). The molecule has 26 heavy (non-hydrogen) atoms. The van der Waals surface area contributed by atoms with Gasteiger partial charge in [-0.15, -0.1) is 0 Å². The van der Waals surface area contributed by atoms with Crippen LogP contribution in [0.2, 0.25) is 5.02 Å². The fraction of sp³-hybridized carbons (Fsp3) is 0.263. The molecule has 2 aromatic carbocycles. The Hall–Kier alpha value is -2.73. The first-order valence-electron chi connectivity index (χ1n) is 7.92. The number of carbonyl (C=O) groups excluding carboxylic acids is 2. The number of nitrogens with zero attached hydrogens (tertiary/aromatic N) is 1. The zero-order valence-corrected chi connectivity index (χ0v) is 15.9. The zero-order chi connectivity index (χ0) is 19.3. The van der Waals surface area contributed by atoms with Gasteiger partial charge in [-0.1, -0.05) is 17.7 Å². The van der Waals surface area contributed by atoms with Crippen LogP contribution in [0.3, 0.4) is 0 Å². The Morgan fingerprint density at radius 1 is 1.08 bits per heavy atom. The molecule has 0 spiro atoms. The van der Waals surface area contributed by atoms with Crippen LogP contribution in [0.25, 0.3) is 0 Å². The van der Waals surface area contributed by atoms with Gasteiger partial charge in [0.2, 0.25) is 11.8 Å². The van der Waals surface area contributed by atoms with E-state index in [1.165, 1.54) is 26.0 Å². The van der Waals surface area contributed by atoms with Gasteiger partial charge in [0, 0.05) is 29.4 Å². The number of rotatable bonds is 6. The van der Waals surface area contributed by atoms with Crippen molar-refractivity contribution in [1.29, 1.82) is 0 Å². The van der Waals surface area contributed by atoms with Crippen LogP contribution in [0, 0.1) is 6.92 Å². The summed E-state index contributed by atoms with van der Waals surface area (Å²) < 4.78 is 10.5. The molecule has 0 unspecified atom stereocenters. The summed E-state index contributed by atoms with van der Waals surface area (Å²) in [5, 5.41) is 3.31. The SMILES string of the molecule is COc1ccc(N(CC(=O)Nc2cc(Cl)ccc2C)C(C)=O)cc1OC. The molecule has 0 aliphatic heterocycles. The number of anilines is 2. The maximum absolute atomic E-state index is 12.4. The lowest BCUT2D eigenvalue weighted by molar-refractivity contribution is -0.120. The third kappa shape index (κ3) is 4.67. The van der Waals surface area contributed by atoms with E-state index in [0.717, 1.165) is 5.56 Å². The highest BCUT2D eigenvalue weighted by molar-refractivity contribution is 6.31. The van der Waals surface area contributed by atoms with Crippen molar-refractivity contribution in [2.45, 2.75) is 13.8 Å². The first-order chi connectivity index (χ1) is 12.3. The highest BCUT2D eigenvalue weighted by Gasteiger charge is 2.18. The Kier molecular flexibility index (Phi) is 6.46. The Morgan fingerprint density at radius 2 is 1.77 bits per heavy atom. The second-order valence-electron chi connectivity index (χ2n) is 5.65. The number of benzene rings is 2. The predicted octanol–water partition coefficient (Wildman–Crippen LogP) is 3.66. The first kappa shape index (κ1) is 19.6. The van der Waals surface area contributed by atoms with Gasteiger partial charge in [-0.2, -0.15) is 0 Å². The molecule has 0 saturated carbocycles. The van der Waals surface area contributed by atoms with Crippen LogP contribution >= 0.6 is 11.6 Å². The fourth-order valence-corrected chi connectivity index (χ4v) is 2.61. The summed E-state index contributed by atoms with van der Waals surface area (Å²) in [6.45, 7) is 3.12. The molecule has 0 radical (unpaired) electrons. The van der Waals surface area contributed by atoms with Crippen molar-refractivity contribution in [3.05, 3.63) is 47.0 Å². The van der Waals surface area contributed by atoms with Gasteiger partial charge in [0.05, 0.1) is 14.2 Å². The van der Waals surface area contributed by atoms with Gasteiger partial charge in [0.25, 0.3) is 0 Å². The minimum atomic E-state index is -0.333. The van der Waals surface area contributed by atoms with Crippen LogP contribution in [0.15, 0.2) is 36.4 Å². The second kappa shape index (κ2) is 8.58. The van der Waals surface area contributed by atoms with E-state index in [4.69, 9.17) is 21.1 Å². The largest absolute Gasteiger partial charge is 0.493 e. The van der Waals surface area contributed by atoms with E-state index in [0.29, 0.717) is 27.9 Å². The van der Waals surface area contributed by atoms with Crippen LogP contribution in [-0.4, -0.2) is 32.6 Å². The Balaban J connectivity index is 2.21. The molecule has 0 aliphatic rings. The normalized spacial score (nSPS) is 10.2. The maximum Gasteiger partial charge on any atom is 0.244 e. The van der Waals surface area contributed by atoms with Gasteiger partial charge in [-0.25, -0.2) is 0 Å². The highest BCUT2D eigenvalue weighted by Crippen LogP contribution is 2.31.